The summed E-state index contributed by atoms with van der Waals surface area (Å²) in [5, 5.41) is 11.8. The van der Waals surface area contributed by atoms with E-state index in [0.29, 0.717) is 21.7 Å². The van der Waals surface area contributed by atoms with Crippen LogP contribution in [0.1, 0.15) is 6.92 Å². The molecule has 0 bridgehead atoms. The van der Waals surface area contributed by atoms with Gasteiger partial charge < -0.3 is 9.88 Å². The van der Waals surface area contributed by atoms with Gasteiger partial charge in [-0.15, -0.1) is 10.2 Å². The summed E-state index contributed by atoms with van der Waals surface area (Å²) in [5.74, 6) is -0.139. The van der Waals surface area contributed by atoms with E-state index in [1.807, 2.05) is 25.2 Å². The molecule has 1 aromatic heterocycles. The first kappa shape index (κ1) is 19.7. The normalized spacial score (nSPS) is 12.0. The summed E-state index contributed by atoms with van der Waals surface area (Å²) in [4.78, 5) is 12.4. The van der Waals surface area contributed by atoms with Crippen molar-refractivity contribution in [3.63, 3.8) is 0 Å². The summed E-state index contributed by atoms with van der Waals surface area (Å²) in [5.41, 5.74) is 1.11. The van der Waals surface area contributed by atoms with Crippen molar-refractivity contribution in [3.05, 3.63) is 58.3 Å². The lowest BCUT2D eigenvalue weighted by atomic mass is 10.2. The third-order valence-corrected chi connectivity index (χ3v) is 5.57. The Kier molecular flexibility index (Phi) is 6.04. The topological polar surface area (TPSA) is 59.8 Å². The highest BCUT2D eigenvalue weighted by molar-refractivity contribution is 8.00. The fourth-order valence-corrected chi connectivity index (χ4v) is 3.58. The maximum atomic E-state index is 13.1. The molecule has 1 heterocycles. The zero-order valence-corrected chi connectivity index (χ0v) is 16.7. The van der Waals surface area contributed by atoms with E-state index in [0.717, 1.165) is 11.6 Å². The highest BCUT2D eigenvalue weighted by Gasteiger charge is 2.21. The Morgan fingerprint density at radius 3 is 2.63 bits per heavy atom. The monoisotopic (exact) mass is 424 g/mol. The van der Waals surface area contributed by atoms with Gasteiger partial charge in [0.2, 0.25) is 5.91 Å². The van der Waals surface area contributed by atoms with Gasteiger partial charge in [0.15, 0.2) is 11.0 Å². The lowest BCUT2D eigenvalue weighted by molar-refractivity contribution is -0.115. The smallest absolute Gasteiger partial charge is 0.237 e. The summed E-state index contributed by atoms with van der Waals surface area (Å²) in [6.07, 6.45) is 0. The maximum Gasteiger partial charge on any atom is 0.237 e. The molecule has 0 aliphatic heterocycles. The summed E-state index contributed by atoms with van der Waals surface area (Å²) >= 11 is 13.4. The largest absolute Gasteiger partial charge is 0.324 e. The van der Waals surface area contributed by atoms with Crippen LogP contribution in [0.2, 0.25) is 10.0 Å². The van der Waals surface area contributed by atoms with Gasteiger partial charge >= 0.3 is 0 Å². The molecule has 0 aliphatic rings. The van der Waals surface area contributed by atoms with E-state index in [1.165, 1.54) is 23.9 Å². The maximum absolute atomic E-state index is 13.1. The van der Waals surface area contributed by atoms with Gasteiger partial charge in [-0.1, -0.05) is 47.1 Å². The zero-order valence-electron chi connectivity index (χ0n) is 14.4. The van der Waals surface area contributed by atoms with Crippen molar-refractivity contribution in [2.45, 2.75) is 17.3 Å². The van der Waals surface area contributed by atoms with Crippen molar-refractivity contribution < 1.29 is 9.18 Å². The molecular weight excluding hydrogens is 410 g/mol. The quantitative estimate of drug-likeness (QED) is 0.582. The number of aromatic nitrogens is 3. The highest BCUT2D eigenvalue weighted by Crippen LogP contribution is 2.30. The Hall–Kier alpha value is -2.09. The molecule has 1 unspecified atom stereocenters. The molecule has 0 fully saturated rings. The average molecular weight is 425 g/mol. The number of carbonyl (C=O) groups excluding carboxylic acids is 1. The van der Waals surface area contributed by atoms with Gasteiger partial charge in [-0.25, -0.2) is 4.39 Å². The number of amides is 1. The SMILES string of the molecule is CC(Sc1nnc(-c2ccccc2Cl)n1C)C(=O)Nc1ccc(F)cc1Cl. The van der Waals surface area contributed by atoms with Crippen molar-refractivity contribution in [2.75, 3.05) is 5.32 Å². The van der Waals surface area contributed by atoms with Crippen molar-refractivity contribution in [1.82, 2.24) is 14.8 Å². The zero-order chi connectivity index (χ0) is 19.6. The van der Waals surface area contributed by atoms with Crippen LogP contribution in [0.3, 0.4) is 0 Å². The molecule has 9 heteroatoms. The number of thioether (sulfide) groups is 1. The molecule has 1 amide bonds. The predicted molar refractivity (Wildman–Crippen MR) is 107 cm³/mol. The number of hydrogen-bond donors (Lipinski definition) is 1. The van der Waals surface area contributed by atoms with Gasteiger partial charge in [0.1, 0.15) is 5.82 Å². The standard InChI is InChI=1S/C18H15Cl2FN4OS/c1-10(17(26)22-15-8-7-11(21)9-14(15)20)27-18-24-23-16(25(18)2)12-5-3-4-6-13(12)19/h3-10H,1-2H3,(H,22,26). The molecule has 140 valence electrons. The summed E-state index contributed by atoms with van der Waals surface area (Å²) in [6.45, 7) is 1.74. The van der Waals surface area contributed by atoms with Gasteiger partial charge in [-0.05, 0) is 37.3 Å². The molecular formula is C18H15Cl2FN4OS. The molecule has 0 saturated heterocycles. The van der Waals surface area contributed by atoms with Crippen LogP contribution in [0.15, 0.2) is 47.6 Å². The third-order valence-electron chi connectivity index (χ3n) is 3.79. The van der Waals surface area contributed by atoms with Gasteiger partial charge in [-0.3, -0.25) is 4.79 Å². The molecule has 5 nitrogen and oxygen atoms in total. The van der Waals surface area contributed by atoms with E-state index in [-0.39, 0.29) is 10.9 Å². The van der Waals surface area contributed by atoms with Gasteiger partial charge in [-0.2, -0.15) is 0 Å². The molecule has 3 aromatic rings. The van der Waals surface area contributed by atoms with Gasteiger partial charge in [0, 0.05) is 12.6 Å². The number of nitrogens with zero attached hydrogens (tertiary/aromatic N) is 3. The van der Waals surface area contributed by atoms with Gasteiger partial charge in [0.25, 0.3) is 0 Å². The predicted octanol–water partition coefficient (Wildman–Crippen LogP) is 5.05. The van der Waals surface area contributed by atoms with Crippen LogP contribution >= 0.6 is 35.0 Å². The van der Waals surface area contributed by atoms with Crippen LogP contribution in [-0.2, 0) is 11.8 Å². The van der Waals surface area contributed by atoms with E-state index < -0.39 is 11.1 Å². The Morgan fingerprint density at radius 1 is 1.19 bits per heavy atom. The second-order valence-electron chi connectivity index (χ2n) is 5.72. The average Bonchev–Trinajstić information content (AvgIpc) is 2.98. The second kappa shape index (κ2) is 8.29. The Labute approximate surface area is 169 Å². The Bertz CT molecular complexity index is 995. The number of benzene rings is 2. The summed E-state index contributed by atoms with van der Waals surface area (Å²) < 4.78 is 14.9. The highest BCUT2D eigenvalue weighted by atomic mass is 35.5. The second-order valence-corrected chi connectivity index (χ2v) is 7.84. The lowest BCUT2D eigenvalue weighted by Gasteiger charge is -2.12. The molecule has 0 aliphatic carbocycles. The lowest BCUT2D eigenvalue weighted by Crippen LogP contribution is -2.23. The van der Waals surface area contributed by atoms with Crippen LogP contribution < -0.4 is 5.32 Å². The number of rotatable bonds is 5. The van der Waals surface area contributed by atoms with E-state index >= 15 is 0 Å². The van der Waals surface area contributed by atoms with Crippen molar-refractivity contribution in [2.24, 2.45) is 7.05 Å². The molecule has 1 atom stereocenters. The van der Waals surface area contributed by atoms with E-state index in [2.05, 4.69) is 15.5 Å². The number of nitrogens with one attached hydrogen (secondary N) is 1. The van der Waals surface area contributed by atoms with Crippen LogP contribution in [0.5, 0.6) is 0 Å². The fourth-order valence-electron chi connectivity index (χ4n) is 2.33. The van der Waals surface area contributed by atoms with Crippen LogP contribution in [0.25, 0.3) is 11.4 Å². The fraction of sp³-hybridized carbons (Fsp3) is 0.167. The minimum atomic E-state index is -0.479. The number of halogens is 3. The van der Waals surface area contributed by atoms with Crippen LogP contribution in [0, 0.1) is 5.82 Å². The molecule has 3 rings (SSSR count). The molecule has 0 spiro atoms. The molecule has 27 heavy (non-hydrogen) atoms. The van der Waals surface area contributed by atoms with Crippen molar-refractivity contribution >= 4 is 46.6 Å². The van der Waals surface area contributed by atoms with E-state index in [9.17, 15) is 9.18 Å². The summed E-state index contributed by atoms with van der Waals surface area (Å²) in [6, 6.07) is 11.1. The van der Waals surface area contributed by atoms with E-state index in [4.69, 9.17) is 23.2 Å². The molecule has 2 aromatic carbocycles. The van der Waals surface area contributed by atoms with Crippen molar-refractivity contribution in [1.29, 1.82) is 0 Å². The first-order valence-electron chi connectivity index (χ1n) is 7.93. The first-order chi connectivity index (χ1) is 12.9. The van der Waals surface area contributed by atoms with E-state index in [1.54, 1.807) is 17.6 Å². The number of anilines is 1. The van der Waals surface area contributed by atoms with Gasteiger partial charge in [0.05, 0.1) is 21.0 Å². The molecule has 0 saturated carbocycles. The van der Waals surface area contributed by atoms with Crippen LogP contribution in [-0.4, -0.2) is 25.9 Å². The Balaban J connectivity index is 1.73. The third kappa shape index (κ3) is 4.43. The first-order valence-corrected chi connectivity index (χ1v) is 9.57. The summed E-state index contributed by atoms with van der Waals surface area (Å²) in [7, 11) is 1.81. The van der Waals surface area contributed by atoms with Crippen molar-refractivity contribution in [3.8, 4) is 11.4 Å². The number of hydrogen-bond acceptors (Lipinski definition) is 4. The molecule has 1 N–H and O–H groups in total. The molecule has 0 radical (unpaired) electrons. The minimum absolute atomic E-state index is 0.139. The van der Waals surface area contributed by atoms with Crippen LogP contribution in [0.4, 0.5) is 10.1 Å². The number of carbonyl (C=O) groups is 1. The minimum Gasteiger partial charge on any atom is -0.324 e. The Morgan fingerprint density at radius 2 is 1.93 bits per heavy atom.